The van der Waals surface area contributed by atoms with Gasteiger partial charge in [0.25, 0.3) is 0 Å². The number of H-pyrrole nitrogens is 1. The van der Waals surface area contributed by atoms with Crippen LogP contribution in [-0.2, 0) is 5.41 Å². The molecule has 1 saturated carbocycles. The first-order valence-corrected chi connectivity index (χ1v) is 7.63. The number of hydrogen-bond acceptors (Lipinski definition) is 1. The minimum Gasteiger partial charge on any atom is -0.341 e. The Hall–Kier alpha value is -1.02. The zero-order valence-corrected chi connectivity index (χ0v) is 12.4. The zero-order valence-electron chi connectivity index (χ0n) is 11.7. The molecule has 0 atom stereocenters. The van der Waals surface area contributed by atoms with Gasteiger partial charge in [-0.2, -0.15) is 0 Å². The van der Waals surface area contributed by atoms with Crippen molar-refractivity contribution in [1.29, 1.82) is 0 Å². The molecule has 2 nitrogen and oxygen atoms in total. The molecule has 3 rings (SSSR count). The van der Waals surface area contributed by atoms with Gasteiger partial charge in [-0.15, -0.1) is 0 Å². The molecule has 0 radical (unpaired) electrons. The Kier molecular flexibility index (Phi) is 3.30. The zero-order chi connectivity index (χ0) is 13.5. The average molecular weight is 277 g/mol. The number of rotatable bonds is 3. The molecule has 102 valence electrons. The summed E-state index contributed by atoms with van der Waals surface area (Å²) in [5.74, 6) is 1.85. The summed E-state index contributed by atoms with van der Waals surface area (Å²) in [4.78, 5) is 8.36. The van der Waals surface area contributed by atoms with Gasteiger partial charge in [0.05, 0.1) is 10.5 Å². The van der Waals surface area contributed by atoms with E-state index in [1.807, 2.05) is 12.1 Å². The molecule has 1 aromatic heterocycles. The molecule has 1 N–H and O–H groups in total. The number of imidazole rings is 1. The summed E-state index contributed by atoms with van der Waals surface area (Å²) in [5, 5.41) is 0.748. The van der Waals surface area contributed by atoms with Crippen molar-refractivity contribution >= 4 is 22.6 Å². The molecule has 1 heterocycles. The lowest BCUT2D eigenvalue weighted by Gasteiger charge is -2.28. The summed E-state index contributed by atoms with van der Waals surface area (Å²) in [7, 11) is 0. The van der Waals surface area contributed by atoms with E-state index in [2.05, 4.69) is 24.9 Å². The molecule has 0 amide bonds. The molecule has 0 spiro atoms. The molecule has 0 aliphatic heterocycles. The molecule has 0 unspecified atom stereocenters. The topological polar surface area (TPSA) is 28.7 Å². The molecule has 1 aliphatic rings. The van der Waals surface area contributed by atoms with E-state index >= 15 is 0 Å². The van der Waals surface area contributed by atoms with Crippen LogP contribution in [-0.4, -0.2) is 9.97 Å². The molecule has 0 bridgehead atoms. The van der Waals surface area contributed by atoms with E-state index < -0.39 is 0 Å². The predicted octanol–water partition coefficient (Wildman–Crippen LogP) is 5.07. The number of fused-ring (bicyclic) bond motifs is 1. The second kappa shape index (κ2) is 4.82. The Balaban J connectivity index is 2.08. The van der Waals surface area contributed by atoms with Gasteiger partial charge in [-0.25, -0.2) is 4.98 Å². The van der Waals surface area contributed by atoms with Gasteiger partial charge in [-0.3, -0.25) is 0 Å². The summed E-state index contributed by atoms with van der Waals surface area (Å²) >= 11 is 6.25. The maximum Gasteiger partial charge on any atom is 0.113 e. The average Bonchev–Trinajstić information content (AvgIpc) is 2.95. The normalized spacial score (nSPS) is 18.5. The second-order valence-corrected chi connectivity index (χ2v) is 6.71. The molecular weight excluding hydrogens is 256 g/mol. The van der Waals surface area contributed by atoms with Crippen LogP contribution in [0, 0.1) is 5.92 Å². The maximum absolute atomic E-state index is 6.25. The number of para-hydroxylation sites is 1. The highest BCUT2D eigenvalue weighted by Crippen LogP contribution is 2.45. The van der Waals surface area contributed by atoms with Crippen LogP contribution in [0.1, 0.15) is 51.8 Å². The van der Waals surface area contributed by atoms with Crippen molar-refractivity contribution in [3.05, 3.63) is 29.0 Å². The third kappa shape index (κ3) is 2.27. The van der Waals surface area contributed by atoms with Gasteiger partial charge < -0.3 is 4.98 Å². The molecular formula is C16H21ClN2. The smallest absolute Gasteiger partial charge is 0.113 e. The molecule has 0 saturated heterocycles. The fourth-order valence-electron chi connectivity index (χ4n) is 3.62. The van der Waals surface area contributed by atoms with E-state index in [-0.39, 0.29) is 5.41 Å². The number of nitrogens with zero attached hydrogens (tertiary/aromatic N) is 1. The number of nitrogens with one attached hydrogen (secondary N) is 1. The summed E-state index contributed by atoms with van der Waals surface area (Å²) in [6, 6.07) is 5.96. The fraction of sp³-hybridized carbons (Fsp3) is 0.562. The van der Waals surface area contributed by atoms with Gasteiger partial charge in [-0.1, -0.05) is 44.4 Å². The lowest BCUT2D eigenvalue weighted by molar-refractivity contribution is 0.332. The van der Waals surface area contributed by atoms with Crippen LogP contribution in [0.5, 0.6) is 0 Å². The van der Waals surface area contributed by atoms with Crippen molar-refractivity contribution in [1.82, 2.24) is 9.97 Å². The van der Waals surface area contributed by atoms with Crippen molar-refractivity contribution in [3.8, 4) is 0 Å². The summed E-state index contributed by atoms with van der Waals surface area (Å²) in [5.41, 5.74) is 2.24. The van der Waals surface area contributed by atoms with Crippen LogP contribution in [0.25, 0.3) is 11.0 Å². The molecule has 2 aromatic rings. The SMILES string of the molecule is CC(C)CC1(c2nc3c(Cl)cccc3[nH]2)CCCC1. The van der Waals surface area contributed by atoms with E-state index in [0.29, 0.717) is 5.92 Å². The number of benzene rings is 1. The minimum atomic E-state index is 0.247. The first kappa shape index (κ1) is 13.0. The highest BCUT2D eigenvalue weighted by atomic mass is 35.5. The number of aromatic amines is 1. The Bertz CT molecular complexity index is 579. The van der Waals surface area contributed by atoms with E-state index in [1.165, 1.54) is 32.1 Å². The number of halogens is 1. The fourth-order valence-corrected chi connectivity index (χ4v) is 3.84. The number of aromatic nitrogens is 2. The monoisotopic (exact) mass is 276 g/mol. The van der Waals surface area contributed by atoms with Crippen molar-refractivity contribution in [2.24, 2.45) is 5.92 Å². The molecule has 19 heavy (non-hydrogen) atoms. The van der Waals surface area contributed by atoms with E-state index in [4.69, 9.17) is 16.6 Å². The Morgan fingerprint density at radius 3 is 2.68 bits per heavy atom. The predicted molar refractivity (Wildman–Crippen MR) is 80.7 cm³/mol. The lowest BCUT2D eigenvalue weighted by atomic mass is 9.78. The quantitative estimate of drug-likeness (QED) is 0.833. The molecule has 1 fully saturated rings. The Morgan fingerprint density at radius 1 is 1.32 bits per heavy atom. The first-order chi connectivity index (χ1) is 9.11. The van der Waals surface area contributed by atoms with Gasteiger partial charge in [0, 0.05) is 5.41 Å². The second-order valence-electron chi connectivity index (χ2n) is 6.31. The first-order valence-electron chi connectivity index (χ1n) is 7.25. The van der Waals surface area contributed by atoms with Crippen LogP contribution >= 0.6 is 11.6 Å². The van der Waals surface area contributed by atoms with Gasteiger partial charge in [0.2, 0.25) is 0 Å². The van der Waals surface area contributed by atoms with Gasteiger partial charge in [-0.05, 0) is 37.3 Å². The standard InChI is InChI=1S/C16H21ClN2/c1-11(2)10-16(8-3-4-9-16)15-18-13-7-5-6-12(17)14(13)19-15/h5-7,11H,3-4,8-10H2,1-2H3,(H,18,19). The van der Waals surface area contributed by atoms with E-state index in [1.54, 1.807) is 0 Å². The van der Waals surface area contributed by atoms with Crippen LogP contribution in [0.15, 0.2) is 18.2 Å². The Morgan fingerprint density at radius 2 is 2.05 bits per heavy atom. The van der Waals surface area contributed by atoms with E-state index in [0.717, 1.165) is 21.9 Å². The maximum atomic E-state index is 6.25. The van der Waals surface area contributed by atoms with E-state index in [9.17, 15) is 0 Å². The van der Waals surface area contributed by atoms with Crippen molar-refractivity contribution in [3.63, 3.8) is 0 Å². The molecule has 1 aliphatic carbocycles. The third-order valence-electron chi connectivity index (χ3n) is 4.33. The summed E-state index contributed by atoms with van der Waals surface area (Å²) in [6.45, 7) is 4.60. The summed E-state index contributed by atoms with van der Waals surface area (Å²) < 4.78 is 0. The van der Waals surface area contributed by atoms with Crippen molar-refractivity contribution in [2.45, 2.75) is 51.4 Å². The highest BCUT2D eigenvalue weighted by molar-refractivity contribution is 6.34. The van der Waals surface area contributed by atoms with Crippen LogP contribution in [0.2, 0.25) is 5.02 Å². The minimum absolute atomic E-state index is 0.247. The van der Waals surface area contributed by atoms with Gasteiger partial charge in [0.15, 0.2) is 0 Å². The lowest BCUT2D eigenvalue weighted by Crippen LogP contribution is -2.25. The summed E-state index contributed by atoms with van der Waals surface area (Å²) in [6.07, 6.45) is 6.35. The largest absolute Gasteiger partial charge is 0.341 e. The molecule has 3 heteroatoms. The third-order valence-corrected chi connectivity index (χ3v) is 4.63. The van der Waals surface area contributed by atoms with Crippen LogP contribution < -0.4 is 0 Å². The van der Waals surface area contributed by atoms with Crippen molar-refractivity contribution in [2.75, 3.05) is 0 Å². The van der Waals surface area contributed by atoms with Crippen molar-refractivity contribution < 1.29 is 0 Å². The van der Waals surface area contributed by atoms with Crippen LogP contribution in [0.4, 0.5) is 0 Å². The van der Waals surface area contributed by atoms with Gasteiger partial charge >= 0.3 is 0 Å². The Labute approximate surface area is 119 Å². The van der Waals surface area contributed by atoms with Gasteiger partial charge in [0.1, 0.15) is 11.3 Å². The highest BCUT2D eigenvalue weighted by Gasteiger charge is 2.38. The molecule has 1 aromatic carbocycles. The number of hydrogen-bond donors (Lipinski definition) is 1. The van der Waals surface area contributed by atoms with Crippen LogP contribution in [0.3, 0.4) is 0 Å².